The van der Waals surface area contributed by atoms with Crippen molar-refractivity contribution in [2.45, 2.75) is 24.7 Å². The van der Waals surface area contributed by atoms with Crippen molar-refractivity contribution in [2.75, 3.05) is 19.3 Å². The van der Waals surface area contributed by atoms with Crippen molar-refractivity contribution < 1.29 is 22.3 Å². The predicted octanol–water partition coefficient (Wildman–Crippen LogP) is 1.41. The molecule has 0 aliphatic rings. The van der Waals surface area contributed by atoms with Crippen LogP contribution in [0.25, 0.3) is 0 Å². The third-order valence-electron chi connectivity index (χ3n) is 3.21. The molecule has 4 nitrogen and oxygen atoms in total. The van der Waals surface area contributed by atoms with Gasteiger partial charge in [0.1, 0.15) is 11.6 Å². The van der Waals surface area contributed by atoms with E-state index in [2.05, 4.69) is 5.32 Å². The number of nitrogens with one attached hydrogen (secondary N) is 1. The quantitative estimate of drug-likeness (QED) is 0.834. The number of rotatable bonds is 6. The molecule has 0 radical (unpaired) electrons. The Morgan fingerprint density at radius 3 is 2.50 bits per heavy atom. The minimum Gasteiger partial charge on any atom is -0.387 e. The van der Waals surface area contributed by atoms with Gasteiger partial charge in [0.25, 0.3) is 0 Å². The van der Waals surface area contributed by atoms with Crippen LogP contribution >= 0.6 is 0 Å². The largest absolute Gasteiger partial charge is 0.387 e. The van der Waals surface area contributed by atoms with E-state index >= 15 is 0 Å². The zero-order valence-corrected chi connectivity index (χ0v) is 12.5. The average molecular weight is 307 g/mol. The van der Waals surface area contributed by atoms with Gasteiger partial charge >= 0.3 is 0 Å². The van der Waals surface area contributed by atoms with E-state index in [0.29, 0.717) is 0 Å². The van der Waals surface area contributed by atoms with Gasteiger partial charge in [-0.25, -0.2) is 17.2 Å². The van der Waals surface area contributed by atoms with E-state index in [9.17, 15) is 22.3 Å². The summed E-state index contributed by atoms with van der Waals surface area (Å²) in [6.45, 7) is 3.12. The molecule has 0 bridgehead atoms. The highest BCUT2D eigenvalue weighted by molar-refractivity contribution is 7.92. The zero-order valence-electron chi connectivity index (χ0n) is 11.7. The average Bonchev–Trinajstić information content (AvgIpc) is 2.30. The Kier molecular flexibility index (Phi) is 5.23. The highest BCUT2D eigenvalue weighted by Gasteiger charge is 2.29. The van der Waals surface area contributed by atoms with E-state index in [1.165, 1.54) is 0 Å². The summed E-state index contributed by atoms with van der Waals surface area (Å²) in [5.74, 6) is -1.35. The van der Waals surface area contributed by atoms with E-state index in [-0.39, 0.29) is 18.7 Å². The number of halogens is 2. The van der Waals surface area contributed by atoms with Crippen LogP contribution in [-0.4, -0.2) is 37.6 Å². The first-order valence-corrected chi connectivity index (χ1v) is 7.97. The van der Waals surface area contributed by atoms with Gasteiger partial charge in [-0.05, 0) is 32.0 Å². The number of hydrogen-bond donors (Lipinski definition) is 2. The van der Waals surface area contributed by atoms with Crippen LogP contribution in [0.1, 0.15) is 25.5 Å². The lowest BCUT2D eigenvalue weighted by Crippen LogP contribution is -2.42. The Morgan fingerprint density at radius 1 is 1.35 bits per heavy atom. The fourth-order valence-corrected chi connectivity index (χ4v) is 1.89. The van der Waals surface area contributed by atoms with Crippen LogP contribution in [0.4, 0.5) is 8.78 Å². The molecular weight excluding hydrogens is 288 g/mol. The third kappa shape index (κ3) is 4.22. The minimum absolute atomic E-state index is 0.0701. The monoisotopic (exact) mass is 307 g/mol. The standard InChI is InChI=1S/C13H19F2NO3S/c1-13(2,20(3,18)19)8-16-7-12(17)10-6-9(14)4-5-11(10)15/h4-6,12,16-17H,7-8H2,1-3H3. The summed E-state index contributed by atoms with van der Waals surface area (Å²) in [5, 5.41) is 12.6. The van der Waals surface area contributed by atoms with Crippen LogP contribution in [0.2, 0.25) is 0 Å². The minimum atomic E-state index is -3.26. The van der Waals surface area contributed by atoms with Gasteiger partial charge in [-0.15, -0.1) is 0 Å². The molecule has 0 aliphatic carbocycles. The van der Waals surface area contributed by atoms with E-state index in [0.717, 1.165) is 24.5 Å². The Hall–Kier alpha value is -1.05. The van der Waals surface area contributed by atoms with Gasteiger partial charge in [0.05, 0.1) is 10.9 Å². The van der Waals surface area contributed by atoms with Crippen LogP contribution in [0.5, 0.6) is 0 Å². The van der Waals surface area contributed by atoms with E-state index in [1.807, 2.05) is 0 Å². The molecule has 0 aliphatic heterocycles. The second kappa shape index (κ2) is 6.15. The van der Waals surface area contributed by atoms with Crippen molar-refractivity contribution in [3.8, 4) is 0 Å². The molecule has 7 heteroatoms. The Labute approximate surface area is 117 Å². The van der Waals surface area contributed by atoms with Crippen LogP contribution < -0.4 is 5.32 Å². The molecule has 1 atom stereocenters. The maximum atomic E-state index is 13.4. The van der Waals surface area contributed by atoms with E-state index < -0.39 is 32.3 Å². The van der Waals surface area contributed by atoms with Crippen LogP contribution in [-0.2, 0) is 9.84 Å². The molecule has 0 amide bonds. The smallest absolute Gasteiger partial charge is 0.153 e. The molecule has 20 heavy (non-hydrogen) atoms. The predicted molar refractivity (Wildman–Crippen MR) is 73.1 cm³/mol. The fourth-order valence-electron chi connectivity index (χ4n) is 1.52. The van der Waals surface area contributed by atoms with Crippen LogP contribution in [0.15, 0.2) is 18.2 Å². The topological polar surface area (TPSA) is 66.4 Å². The molecule has 0 heterocycles. The molecule has 0 fully saturated rings. The zero-order chi connectivity index (χ0) is 15.6. The summed E-state index contributed by atoms with van der Waals surface area (Å²) < 4.78 is 48.4. The molecule has 1 aromatic carbocycles. The molecule has 0 spiro atoms. The van der Waals surface area contributed by atoms with Crippen molar-refractivity contribution in [2.24, 2.45) is 0 Å². The highest BCUT2D eigenvalue weighted by atomic mass is 32.2. The van der Waals surface area contributed by atoms with Crippen LogP contribution in [0.3, 0.4) is 0 Å². The number of sulfone groups is 1. The molecule has 1 rings (SSSR count). The van der Waals surface area contributed by atoms with Gasteiger partial charge in [-0.2, -0.15) is 0 Å². The summed E-state index contributed by atoms with van der Waals surface area (Å²) in [6, 6.07) is 2.82. The molecule has 1 aromatic rings. The summed E-state index contributed by atoms with van der Waals surface area (Å²) >= 11 is 0. The number of hydrogen-bond acceptors (Lipinski definition) is 4. The van der Waals surface area contributed by atoms with Crippen molar-refractivity contribution in [3.05, 3.63) is 35.4 Å². The van der Waals surface area contributed by atoms with E-state index in [1.54, 1.807) is 13.8 Å². The summed E-state index contributed by atoms with van der Waals surface area (Å²) in [4.78, 5) is 0. The maximum Gasteiger partial charge on any atom is 0.153 e. The molecular formula is C13H19F2NO3S. The SMILES string of the molecule is CC(C)(CNCC(O)c1cc(F)ccc1F)S(C)(=O)=O. The van der Waals surface area contributed by atoms with E-state index in [4.69, 9.17) is 0 Å². The van der Waals surface area contributed by atoms with Crippen LogP contribution in [0, 0.1) is 11.6 Å². The number of aliphatic hydroxyl groups is 1. The normalized spacial score (nSPS) is 14.3. The Morgan fingerprint density at radius 2 is 1.95 bits per heavy atom. The second-order valence-corrected chi connectivity index (χ2v) is 7.99. The van der Waals surface area contributed by atoms with Gasteiger partial charge in [0, 0.05) is 24.9 Å². The molecule has 2 N–H and O–H groups in total. The summed E-state index contributed by atoms with van der Waals surface area (Å²) in [5.41, 5.74) is -0.158. The lowest BCUT2D eigenvalue weighted by atomic mass is 10.1. The Bertz CT molecular complexity index is 573. The van der Waals surface area contributed by atoms with Gasteiger partial charge in [0.2, 0.25) is 0 Å². The number of benzene rings is 1. The van der Waals surface area contributed by atoms with Crippen molar-refractivity contribution in [1.82, 2.24) is 5.32 Å². The third-order valence-corrected chi connectivity index (χ3v) is 5.36. The second-order valence-electron chi connectivity index (χ2n) is 5.34. The first kappa shape index (κ1) is 17.0. The highest BCUT2D eigenvalue weighted by Crippen LogP contribution is 2.18. The van der Waals surface area contributed by atoms with Gasteiger partial charge in [-0.1, -0.05) is 0 Å². The lowest BCUT2D eigenvalue weighted by molar-refractivity contribution is 0.169. The fraction of sp³-hybridized carbons (Fsp3) is 0.538. The summed E-state index contributed by atoms with van der Waals surface area (Å²) in [6.07, 6.45) is -0.127. The van der Waals surface area contributed by atoms with Crippen molar-refractivity contribution >= 4 is 9.84 Å². The molecule has 1 unspecified atom stereocenters. The van der Waals surface area contributed by atoms with Crippen molar-refractivity contribution in [1.29, 1.82) is 0 Å². The molecule has 0 saturated heterocycles. The van der Waals surface area contributed by atoms with Crippen molar-refractivity contribution in [3.63, 3.8) is 0 Å². The van der Waals surface area contributed by atoms with Gasteiger partial charge < -0.3 is 10.4 Å². The summed E-state index contributed by atoms with van der Waals surface area (Å²) in [7, 11) is -3.26. The first-order chi connectivity index (χ1) is 9.04. The first-order valence-electron chi connectivity index (χ1n) is 6.08. The molecule has 0 aromatic heterocycles. The van der Waals surface area contributed by atoms with Gasteiger partial charge in [0.15, 0.2) is 9.84 Å². The number of aliphatic hydroxyl groups excluding tert-OH is 1. The maximum absolute atomic E-state index is 13.4. The Balaban J connectivity index is 2.65. The molecule has 114 valence electrons. The molecule has 0 saturated carbocycles. The van der Waals surface area contributed by atoms with Gasteiger partial charge in [-0.3, -0.25) is 0 Å². The lowest BCUT2D eigenvalue weighted by Gasteiger charge is -2.24.